The van der Waals surface area contributed by atoms with Gasteiger partial charge in [0.05, 0.1) is 47.4 Å². The normalized spacial score (nSPS) is 26.2. The maximum atomic E-state index is 14.2. The van der Waals surface area contributed by atoms with E-state index in [1.54, 1.807) is 42.5 Å². The number of pyridine rings is 1. The SMILES string of the molecule is CC(C)[C@@H](C(=O)N1C[C@H](O)C[C@H]1C(=O)N[C@@H](C)c1ccc(C#N)cc1)c1cc(O[C@H]2C[C@H](C(C)(C)N3CCC(O[C@H]4C[C@H](Oc5cc(N6C7CCC6CN(c6cc(-c8ccccc8O)nnc6N)C7)ccn5)C4)CC3)C2)no1. The summed E-state index contributed by atoms with van der Waals surface area (Å²) in [4.78, 5) is 41.4. The fraction of sp³-hybridized carbons (Fsp3) is 0.542. The highest BCUT2D eigenvalue weighted by Crippen LogP contribution is 2.44. The molecule has 5 N–H and O–H groups in total. The third-order valence-electron chi connectivity index (χ3n) is 17.7. The number of rotatable bonds is 17. The van der Waals surface area contributed by atoms with Crippen molar-refractivity contribution in [1.29, 1.82) is 5.26 Å². The lowest BCUT2D eigenvalue weighted by molar-refractivity contribution is -0.141. The number of aromatic nitrogens is 4. The first-order valence-electron chi connectivity index (χ1n) is 28.0. The second-order valence-corrected chi connectivity index (χ2v) is 23.4. The molecule has 0 spiro atoms. The predicted molar refractivity (Wildman–Crippen MR) is 292 cm³/mol. The number of hydrogen-bond acceptors (Lipinski definition) is 17. The summed E-state index contributed by atoms with van der Waals surface area (Å²) in [7, 11) is 0. The van der Waals surface area contributed by atoms with Gasteiger partial charge < -0.3 is 54.7 Å². The van der Waals surface area contributed by atoms with E-state index in [0.717, 1.165) is 94.5 Å². The molecule has 19 nitrogen and oxygen atoms in total. The highest BCUT2D eigenvalue weighted by atomic mass is 16.5. The second kappa shape index (κ2) is 22.0. The molecular weight excluding hydrogens is 991 g/mol. The first-order chi connectivity index (χ1) is 37.6. The molecule has 0 radical (unpaired) electrons. The Labute approximate surface area is 456 Å². The lowest BCUT2D eigenvalue weighted by Gasteiger charge is -2.52. The molecule has 7 heterocycles. The van der Waals surface area contributed by atoms with Crippen molar-refractivity contribution in [2.24, 2.45) is 11.8 Å². The van der Waals surface area contributed by atoms with Crippen molar-refractivity contribution in [2.45, 2.75) is 159 Å². The number of nitrogens with zero attached hydrogens (tertiary/aromatic N) is 9. The lowest BCUT2D eigenvalue weighted by atomic mass is 9.69. The number of aliphatic hydroxyl groups is 1. The number of hydrogen-bond donors (Lipinski definition) is 4. The molecule has 4 aliphatic heterocycles. The molecule has 2 saturated carbocycles. The summed E-state index contributed by atoms with van der Waals surface area (Å²) < 4.78 is 25.2. The van der Waals surface area contributed by atoms with Gasteiger partial charge in [0.15, 0.2) is 11.6 Å². The van der Waals surface area contributed by atoms with E-state index in [2.05, 4.69) is 72.4 Å². The van der Waals surface area contributed by atoms with Crippen LogP contribution in [0.5, 0.6) is 17.5 Å². The summed E-state index contributed by atoms with van der Waals surface area (Å²) in [5.41, 5.74) is 10.9. The molecule has 11 rings (SSSR count). The van der Waals surface area contributed by atoms with Crippen molar-refractivity contribution >= 4 is 29.0 Å². The lowest BCUT2D eigenvalue weighted by Crippen LogP contribution is -2.58. The van der Waals surface area contributed by atoms with E-state index in [1.807, 2.05) is 45.2 Å². The third kappa shape index (κ3) is 10.9. The van der Waals surface area contributed by atoms with Gasteiger partial charge in [0.25, 0.3) is 5.88 Å². The molecule has 3 aromatic heterocycles. The number of piperazine rings is 1. The number of aliphatic hydroxyl groups excluding tert-OH is 1. The average Bonchev–Trinajstić information content (AvgIpc) is 4.19. The molecule has 6 aliphatic rings. The van der Waals surface area contributed by atoms with E-state index < -0.39 is 18.1 Å². The summed E-state index contributed by atoms with van der Waals surface area (Å²) in [5.74, 6) is 0.774. The number of fused-ring (bicyclic) bond motifs is 2. The van der Waals surface area contributed by atoms with Crippen LogP contribution in [0.1, 0.15) is 121 Å². The van der Waals surface area contributed by atoms with E-state index in [9.17, 15) is 19.8 Å². The summed E-state index contributed by atoms with van der Waals surface area (Å²) in [6.07, 6.45) is 9.14. The zero-order chi connectivity index (χ0) is 54.4. The zero-order valence-electron chi connectivity index (χ0n) is 45.3. The van der Waals surface area contributed by atoms with Crippen LogP contribution in [-0.2, 0) is 14.3 Å². The average molecular weight is 1060 g/mol. The number of aromatic hydroxyl groups is 1. The maximum absolute atomic E-state index is 14.2. The van der Waals surface area contributed by atoms with Gasteiger partial charge in [-0.15, -0.1) is 10.2 Å². The summed E-state index contributed by atoms with van der Waals surface area (Å²) in [5, 5.41) is 46.1. The molecule has 2 unspecified atom stereocenters. The van der Waals surface area contributed by atoms with Crippen LogP contribution in [0.2, 0.25) is 0 Å². The van der Waals surface area contributed by atoms with E-state index in [0.29, 0.717) is 58.2 Å². The smallest absolute Gasteiger partial charge is 0.254 e. The molecule has 19 heteroatoms. The van der Waals surface area contributed by atoms with Gasteiger partial charge in [-0.25, -0.2) is 4.98 Å². The molecule has 6 atom stereocenters. The van der Waals surface area contributed by atoms with Crippen molar-refractivity contribution in [3.05, 3.63) is 95.9 Å². The number of piperidine rings is 1. The number of phenols is 1. The van der Waals surface area contributed by atoms with E-state index in [4.69, 9.17) is 29.7 Å². The van der Waals surface area contributed by atoms with Crippen LogP contribution < -0.4 is 30.3 Å². The number of phenolic OH excluding ortho intramolecular Hbond substituents is 1. The summed E-state index contributed by atoms with van der Waals surface area (Å²) in [6, 6.07) is 23.4. The van der Waals surface area contributed by atoms with E-state index >= 15 is 0 Å². The quantitative estimate of drug-likeness (QED) is 0.0723. The van der Waals surface area contributed by atoms with Gasteiger partial charge >= 0.3 is 0 Å². The van der Waals surface area contributed by atoms with Gasteiger partial charge in [-0.1, -0.05) is 38.1 Å². The van der Waals surface area contributed by atoms with Crippen LogP contribution >= 0.6 is 0 Å². The van der Waals surface area contributed by atoms with Crippen molar-refractivity contribution < 1.29 is 38.5 Å². The van der Waals surface area contributed by atoms with Gasteiger partial charge in [-0.05, 0) is 118 Å². The monoisotopic (exact) mass is 1060 g/mol. The van der Waals surface area contributed by atoms with Crippen molar-refractivity contribution in [2.75, 3.05) is 48.3 Å². The molecule has 2 aliphatic carbocycles. The number of ether oxygens (including phenoxy) is 3. The molecule has 412 valence electrons. The van der Waals surface area contributed by atoms with Gasteiger partial charge in [-0.3, -0.25) is 14.5 Å². The number of nitriles is 1. The molecule has 2 amide bonds. The first-order valence-corrected chi connectivity index (χ1v) is 28.0. The molecule has 5 aromatic rings. The van der Waals surface area contributed by atoms with Crippen LogP contribution in [-0.4, -0.2) is 139 Å². The number of carbonyl (C=O) groups excluding carboxylic acids is 2. The van der Waals surface area contributed by atoms with Crippen LogP contribution in [0.15, 0.2) is 83.5 Å². The van der Waals surface area contributed by atoms with Crippen molar-refractivity contribution in [3.63, 3.8) is 0 Å². The number of nitrogens with two attached hydrogens (primary N) is 1. The molecule has 4 saturated heterocycles. The van der Waals surface area contributed by atoms with Gasteiger partial charge in [0, 0.05) is 99.2 Å². The Hall–Kier alpha value is -7.01. The van der Waals surface area contributed by atoms with Gasteiger partial charge in [0.2, 0.25) is 17.7 Å². The molecule has 6 fully saturated rings. The Kier molecular flexibility index (Phi) is 15.0. The minimum atomic E-state index is -0.850. The number of benzene rings is 2. The molecule has 2 bridgehead atoms. The van der Waals surface area contributed by atoms with E-state index in [-0.39, 0.29) is 72.4 Å². The van der Waals surface area contributed by atoms with Crippen LogP contribution in [0.25, 0.3) is 11.3 Å². The Balaban J connectivity index is 0.609. The number of nitrogens with one attached hydrogen (secondary N) is 1. The number of anilines is 3. The fourth-order valence-electron chi connectivity index (χ4n) is 12.9. The number of β-amino-alcohol motifs (C(OH)–C–C–N with tert-alkyl or cyclic N) is 1. The number of amides is 2. The first kappa shape index (κ1) is 53.0. The third-order valence-corrected chi connectivity index (χ3v) is 17.7. The Bertz CT molecular complexity index is 2970. The number of likely N-dealkylation sites (tertiary alicyclic amines) is 2. The summed E-state index contributed by atoms with van der Waals surface area (Å²) >= 11 is 0. The maximum Gasteiger partial charge on any atom is 0.254 e. The molecule has 2 aromatic carbocycles. The number of carbonyl (C=O) groups is 2. The molecular formula is C59H73N11O8. The van der Waals surface area contributed by atoms with Crippen LogP contribution in [0.3, 0.4) is 0 Å². The van der Waals surface area contributed by atoms with Gasteiger partial charge in [0.1, 0.15) is 29.9 Å². The fourth-order valence-corrected chi connectivity index (χ4v) is 12.9. The zero-order valence-corrected chi connectivity index (χ0v) is 45.3. The van der Waals surface area contributed by atoms with Gasteiger partial charge in [-0.2, -0.15) is 5.26 Å². The Morgan fingerprint density at radius 1 is 0.846 bits per heavy atom. The molecule has 78 heavy (non-hydrogen) atoms. The van der Waals surface area contributed by atoms with Crippen molar-refractivity contribution in [3.8, 4) is 34.8 Å². The standard InChI is InChI=1S/C59H73N11O8/c1-34(2)55(58(74)69-33-42(71)25-50(69)57(73)63-35(3)37-12-10-36(30-60)11-13-37)52-29-54(66-78-52)77-44-22-38(23-44)59(4,5)68-20-17-43(18-21-68)75-45-26-46(27-45)76-53-24-39(16-19-62-53)70-40-14-15-41(70)32-67(31-40)49-28-48(64-65-56(49)61)47-8-6-7-9-51(47)72/h6-13,16,19,24,28-29,34-35,38,40-46,50,55,71-72H,14-15,17-18,20-23,25-27,31-33H2,1-5H3,(H2,61,65)(H,63,73)/t35-,38-,40?,41?,42+,44-,45-,46-,50-,55+/m0/s1. The largest absolute Gasteiger partial charge is 0.507 e. The van der Waals surface area contributed by atoms with Crippen LogP contribution in [0, 0.1) is 23.2 Å². The Morgan fingerprint density at radius 3 is 2.26 bits per heavy atom. The Morgan fingerprint density at radius 2 is 1.55 bits per heavy atom. The summed E-state index contributed by atoms with van der Waals surface area (Å²) in [6.45, 7) is 13.9. The second-order valence-electron chi connectivity index (χ2n) is 23.4. The number of para-hydroxylation sites is 1. The van der Waals surface area contributed by atoms with E-state index in [1.165, 1.54) is 4.90 Å². The van der Waals surface area contributed by atoms with Crippen molar-refractivity contribution in [1.82, 2.24) is 35.5 Å². The van der Waals surface area contributed by atoms with Crippen LogP contribution in [0.4, 0.5) is 17.2 Å². The minimum Gasteiger partial charge on any atom is -0.507 e. The minimum absolute atomic E-state index is 0.0225. The predicted octanol–water partition coefficient (Wildman–Crippen LogP) is 7.15. The topological polar surface area (TPSA) is 242 Å². The number of nitrogen functional groups attached to an aromatic ring is 1. The highest BCUT2D eigenvalue weighted by molar-refractivity contribution is 5.91. The highest BCUT2D eigenvalue weighted by Gasteiger charge is 2.48.